The molecule has 102 valence electrons. The highest BCUT2D eigenvalue weighted by Crippen LogP contribution is 2.24. The quantitative estimate of drug-likeness (QED) is 0.768. The Labute approximate surface area is 127 Å². The van der Waals surface area contributed by atoms with Gasteiger partial charge in [-0.1, -0.05) is 13.8 Å². The Morgan fingerprint density at radius 3 is 2.47 bits per heavy atom. The van der Waals surface area contributed by atoms with Crippen LogP contribution in [0, 0.1) is 13.8 Å². The molecule has 19 heavy (non-hydrogen) atoms. The van der Waals surface area contributed by atoms with Gasteiger partial charge in [-0.3, -0.25) is 0 Å². The highest BCUT2D eigenvalue weighted by atomic mass is 79.9. The third-order valence-electron chi connectivity index (χ3n) is 3.06. The minimum atomic E-state index is 0.363. The fourth-order valence-electron chi connectivity index (χ4n) is 1.92. The van der Waals surface area contributed by atoms with Crippen molar-refractivity contribution in [3.8, 4) is 5.82 Å². The van der Waals surface area contributed by atoms with E-state index in [1.54, 1.807) is 0 Å². The number of hydrogen-bond donors (Lipinski definition) is 0. The molecule has 2 heterocycles. The monoisotopic (exact) mass is 341 g/mol. The predicted molar refractivity (Wildman–Crippen MR) is 82.2 cm³/mol. The van der Waals surface area contributed by atoms with Crippen molar-refractivity contribution in [2.75, 3.05) is 0 Å². The number of nitrogens with zero attached hydrogens (tertiary/aromatic N) is 3. The summed E-state index contributed by atoms with van der Waals surface area (Å²) in [5.41, 5.74) is 4.11. The number of hydrogen-bond acceptors (Lipinski definition) is 2. The molecular weight excluding hydrogens is 326 g/mol. The van der Waals surface area contributed by atoms with Crippen molar-refractivity contribution in [1.82, 2.24) is 14.8 Å². The Kier molecular flexibility index (Phi) is 4.31. The van der Waals surface area contributed by atoms with E-state index in [1.165, 1.54) is 0 Å². The van der Waals surface area contributed by atoms with Crippen LogP contribution in [0.25, 0.3) is 5.82 Å². The van der Waals surface area contributed by atoms with Crippen molar-refractivity contribution in [3.05, 3.63) is 39.3 Å². The molecular formula is C14H17BrClN3. The molecule has 5 heteroatoms. The molecule has 0 bridgehead atoms. The second-order valence-corrected chi connectivity index (χ2v) is 6.00. The highest BCUT2D eigenvalue weighted by molar-refractivity contribution is 9.10. The van der Waals surface area contributed by atoms with Crippen LogP contribution in [0.1, 0.15) is 42.4 Å². The second-order valence-electron chi connectivity index (χ2n) is 4.94. The van der Waals surface area contributed by atoms with E-state index in [-0.39, 0.29) is 0 Å². The molecule has 0 saturated carbocycles. The third-order valence-corrected chi connectivity index (χ3v) is 4.51. The van der Waals surface area contributed by atoms with E-state index < -0.39 is 0 Å². The van der Waals surface area contributed by atoms with Crippen LogP contribution >= 0.6 is 27.5 Å². The molecule has 2 rings (SSSR count). The summed E-state index contributed by atoms with van der Waals surface area (Å²) in [5.74, 6) is 1.67. The molecule has 0 spiro atoms. The smallest absolute Gasteiger partial charge is 0.154 e. The van der Waals surface area contributed by atoms with Crippen LogP contribution in [0.15, 0.2) is 16.6 Å². The van der Waals surface area contributed by atoms with Crippen LogP contribution in [0.2, 0.25) is 0 Å². The standard InChI is InChI=1S/C14H17BrClN3/c1-8(2)12-5-11(7-16)6-13(17-12)19-10(4)14(15)9(3)18-19/h5-6,8H,7H2,1-4H3. The minimum Gasteiger partial charge on any atom is -0.233 e. The molecule has 0 aliphatic heterocycles. The lowest BCUT2D eigenvalue weighted by molar-refractivity contribution is 0.763. The topological polar surface area (TPSA) is 30.7 Å². The summed E-state index contributed by atoms with van der Waals surface area (Å²) in [4.78, 5) is 4.69. The molecule has 3 nitrogen and oxygen atoms in total. The van der Waals surface area contributed by atoms with Crippen molar-refractivity contribution in [3.63, 3.8) is 0 Å². The molecule has 0 atom stereocenters. The normalized spacial score (nSPS) is 11.3. The van der Waals surface area contributed by atoms with Crippen molar-refractivity contribution in [2.24, 2.45) is 0 Å². The summed E-state index contributed by atoms with van der Waals surface area (Å²) in [6, 6.07) is 4.05. The largest absolute Gasteiger partial charge is 0.233 e. The Bertz CT molecular complexity index is 605. The van der Waals surface area contributed by atoms with Gasteiger partial charge >= 0.3 is 0 Å². The maximum Gasteiger partial charge on any atom is 0.154 e. The first-order valence-electron chi connectivity index (χ1n) is 6.23. The molecule has 0 unspecified atom stereocenters. The zero-order chi connectivity index (χ0) is 14.2. The second kappa shape index (κ2) is 5.63. The zero-order valence-electron chi connectivity index (χ0n) is 11.5. The van der Waals surface area contributed by atoms with Crippen LogP contribution in [0.4, 0.5) is 0 Å². The Morgan fingerprint density at radius 2 is 2.00 bits per heavy atom. The van der Waals surface area contributed by atoms with Crippen LogP contribution in [0.5, 0.6) is 0 Å². The van der Waals surface area contributed by atoms with E-state index in [4.69, 9.17) is 11.6 Å². The number of aryl methyl sites for hydroxylation is 1. The van der Waals surface area contributed by atoms with Gasteiger partial charge in [0.15, 0.2) is 5.82 Å². The highest BCUT2D eigenvalue weighted by Gasteiger charge is 2.13. The van der Waals surface area contributed by atoms with E-state index in [0.29, 0.717) is 11.8 Å². The van der Waals surface area contributed by atoms with E-state index in [0.717, 1.165) is 32.9 Å². The summed E-state index contributed by atoms with van der Waals surface area (Å²) in [6.45, 7) is 8.25. The first-order chi connectivity index (χ1) is 8.93. The molecule has 0 aliphatic carbocycles. The first-order valence-corrected chi connectivity index (χ1v) is 7.55. The zero-order valence-corrected chi connectivity index (χ0v) is 13.9. The van der Waals surface area contributed by atoms with Gasteiger partial charge in [0.1, 0.15) is 0 Å². The van der Waals surface area contributed by atoms with Gasteiger partial charge in [-0.2, -0.15) is 5.10 Å². The van der Waals surface area contributed by atoms with Gasteiger partial charge in [0.05, 0.1) is 15.9 Å². The summed E-state index contributed by atoms with van der Waals surface area (Å²) in [5, 5.41) is 4.52. The lowest BCUT2D eigenvalue weighted by atomic mass is 10.1. The molecule has 0 amide bonds. The maximum atomic E-state index is 5.97. The molecule has 0 fully saturated rings. The molecule has 0 saturated heterocycles. The van der Waals surface area contributed by atoms with Gasteiger partial charge in [-0.05, 0) is 53.4 Å². The lowest BCUT2D eigenvalue weighted by Gasteiger charge is -2.11. The molecule has 2 aromatic heterocycles. The van der Waals surface area contributed by atoms with Gasteiger partial charge in [0.25, 0.3) is 0 Å². The predicted octanol–water partition coefficient (Wildman–Crippen LogP) is 4.51. The minimum absolute atomic E-state index is 0.363. The molecule has 0 aromatic carbocycles. The van der Waals surface area contributed by atoms with Crippen LogP contribution in [-0.4, -0.2) is 14.8 Å². The number of pyridine rings is 1. The Hall–Kier alpha value is -0.870. The lowest BCUT2D eigenvalue weighted by Crippen LogP contribution is -2.06. The van der Waals surface area contributed by atoms with Crippen molar-refractivity contribution >= 4 is 27.5 Å². The fourth-order valence-corrected chi connectivity index (χ4v) is 2.32. The summed E-state index contributed by atoms with van der Waals surface area (Å²) in [6.07, 6.45) is 0. The Morgan fingerprint density at radius 1 is 1.32 bits per heavy atom. The van der Waals surface area contributed by atoms with Gasteiger partial charge in [0.2, 0.25) is 0 Å². The van der Waals surface area contributed by atoms with E-state index in [9.17, 15) is 0 Å². The van der Waals surface area contributed by atoms with Gasteiger partial charge in [-0.25, -0.2) is 9.67 Å². The summed E-state index contributed by atoms with van der Waals surface area (Å²) >= 11 is 9.52. The van der Waals surface area contributed by atoms with Crippen molar-refractivity contribution < 1.29 is 0 Å². The van der Waals surface area contributed by atoms with Crippen LogP contribution in [0.3, 0.4) is 0 Å². The van der Waals surface area contributed by atoms with Gasteiger partial charge in [0, 0.05) is 11.6 Å². The first kappa shape index (κ1) is 14.5. The van der Waals surface area contributed by atoms with Gasteiger partial charge < -0.3 is 0 Å². The number of alkyl halides is 1. The third kappa shape index (κ3) is 2.84. The molecule has 2 aromatic rings. The number of aromatic nitrogens is 3. The molecule has 0 aliphatic rings. The fraction of sp³-hybridized carbons (Fsp3) is 0.429. The van der Waals surface area contributed by atoms with Crippen molar-refractivity contribution in [1.29, 1.82) is 0 Å². The average molecular weight is 343 g/mol. The number of halogens is 2. The molecule has 0 N–H and O–H groups in total. The van der Waals surface area contributed by atoms with E-state index in [1.807, 2.05) is 24.6 Å². The molecule has 0 radical (unpaired) electrons. The Balaban J connectivity index is 2.61. The van der Waals surface area contributed by atoms with E-state index >= 15 is 0 Å². The van der Waals surface area contributed by atoms with Crippen molar-refractivity contribution in [2.45, 2.75) is 39.5 Å². The summed E-state index contributed by atoms with van der Waals surface area (Å²) in [7, 11) is 0. The van der Waals surface area contributed by atoms with Crippen LogP contribution < -0.4 is 0 Å². The van der Waals surface area contributed by atoms with E-state index in [2.05, 4.69) is 45.9 Å². The number of rotatable bonds is 3. The average Bonchev–Trinajstić information content (AvgIpc) is 2.66. The SMILES string of the molecule is Cc1nn(-c2cc(CCl)cc(C(C)C)n2)c(C)c1Br. The summed E-state index contributed by atoms with van der Waals surface area (Å²) < 4.78 is 2.89. The maximum absolute atomic E-state index is 5.97. The van der Waals surface area contributed by atoms with Gasteiger partial charge in [-0.15, -0.1) is 11.6 Å². The van der Waals surface area contributed by atoms with Crippen LogP contribution in [-0.2, 0) is 5.88 Å².